The Bertz CT molecular complexity index is 822. The molecule has 2 aromatic carbocycles. The van der Waals surface area contributed by atoms with Gasteiger partial charge in [-0.05, 0) is 17.2 Å². The largest absolute Gasteiger partial charge is 0.416 e. The Morgan fingerprint density at radius 1 is 1.00 bits per heavy atom. The highest BCUT2D eigenvalue weighted by Crippen LogP contribution is 2.32. The number of nitrogens with one attached hydrogen (secondary N) is 1. The van der Waals surface area contributed by atoms with Crippen molar-refractivity contribution in [3.8, 4) is 11.4 Å². The molecule has 3 N–H and O–H groups in total. The van der Waals surface area contributed by atoms with Crippen molar-refractivity contribution < 1.29 is 13.2 Å². The zero-order valence-corrected chi connectivity index (χ0v) is 12.6. The molecule has 0 aliphatic heterocycles. The summed E-state index contributed by atoms with van der Waals surface area (Å²) < 4.78 is 39.1. The Morgan fingerprint density at radius 3 is 2.38 bits per heavy atom. The number of benzene rings is 2. The van der Waals surface area contributed by atoms with Gasteiger partial charge in [-0.15, -0.1) is 0 Å². The Morgan fingerprint density at radius 2 is 1.71 bits per heavy atom. The van der Waals surface area contributed by atoms with Crippen LogP contribution in [0.25, 0.3) is 11.4 Å². The molecule has 0 saturated heterocycles. The van der Waals surface area contributed by atoms with E-state index in [1.54, 1.807) is 6.07 Å². The molecule has 0 aliphatic rings. The van der Waals surface area contributed by atoms with E-state index in [4.69, 9.17) is 5.73 Å². The van der Waals surface area contributed by atoms with Crippen molar-refractivity contribution in [1.29, 1.82) is 0 Å². The fraction of sp³-hybridized carbons (Fsp3) is 0.176. The summed E-state index contributed by atoms with van der Waals surface area (Å²) in [5.74, 6) is 0.822. The van der Waals surface area contributed by atoms with Crippen molar-refractivity contribution in [2.24, 2.45) is 5.73 Å². The minimum absolute atomic E-state index is 0.0313. The molecule has 0 aliphatic carbocycles. The average molecular weight is 332 g/mol. The molecular weight excluding hydrogens is 317 g/mol. The molecular formula is C17H15F3N4. The van der Waals surface area contributed by atoms with Crippen LogP contribution in [0.5, 0.6) is 0 Å². The number of rotatable bonds is 4. The molecule has 0 atom stereocenters. The summed E-state index contributed by atoms with van der Waals surface area (Å²) in [6, 6.07) is 12.9. The van der Waals surface area contributed by atoms with Crippen LogP contribution in [0.1, 0.15) is 22.5 Å². The van der Waals surface area contributed by atoms with Crippen LogP contribution >= 0.6 is 0 Å². The van der Waals surface area contributed by atoms with Gasteiger partial charge in [0, 0.05) is 18.5 Å². The highest BCUT2D eigenvalue weighted by Gasteiger charge is 2.33. The van der Waals surface area contributed by atoms with Crippen molar-refractivity contribution in [3.05, 3.63) is 71.0 Å². The number of hydrogen-bond donors (Lipinski definition) is 2. The number of alkyl halides is 3. The second-order valence-electron chi connectivity index (χ2n) is 5.34. The fourth-order valence-electron chi connectivity index (χ4n) is 2.42. The standard InChI is InChI=1S/C17H15F3N4/c18-17(19,20)14-4-2-1-3-13(14)9-15-22-16(24-23-15)12-7-5-11(10-21)6-8-12/h1-8H,9-10,21H2,(H,22,23,24). The Labute approximate surface area is 136 Å². The van der Waals surface area contributed by atoms with E-state index >= 15 is 0 Å². The summed E-state index contributed by atoms with van der Waals surface area (Å²) in [6.07, 6.45) is -4.36. The normalized spacial score (nSPS) is 11.7. The Kier molecular flexibility index (Phi) is 4.35. The second kappa shape index (κ2) is 6.45. The number of aromatic amines is 1. The first kappa shape index (κ1) is 16.2. The Balaban J connectivity index is 1.84. The molecule has 124 valence electrons. The maximum atomic E-state index is 13.0. The quantitative estimate of drug-likeness (QED) is 0.768. The average Bonchev–Trinajstić information content (AvgIpc) is 3.03. The second-order valence-corrected chi connectivity index (χ2v) is 5.34. The summed E-state index contributed by atoms with van der Waals surface area (Å²) in [7, 11) is 0. The monoisotopic (exact) mass is 332 g/mol. The first-order valence-electron chi connectivity index (χ1n) is 7.33. The molecule has 3 rings (SSSR count). The first-order valence-corrected chi connectivity index (χ1v) is 7.33. The highest BCUT2D eigenvalue weighted by atomic mass is 19.4. The van der Waals surface area contributed by atoms with Crippen molar-refractivity contribution >= 4 is 0 Å². The zero-order valence-electron chi connectivity index (χ0n) is 12.6. The number of H-pyrrole nitrogens is 1. The predicted molar refractivity (Wildman–Crippen MR) is 84.0 cm³/mol. The molecule has 0 fully saturated rings. The molecule has 1 heterocycles. The summed E-state index contributed by atoms with van der Waals surface area (Å²) in [6.45, 7) is 0.438. The maximum Gasteiger partial charge on any atom is 0.416 e. The Hall–Kier alpha value is -2.67. The maximum absolute atomic E-state index is 13.0. The molecule has 0 unspecified atom stereocenters. The lowest BCUT2D eigenvalue weighted by molar-refractivity contribution is -0.138. The van der Waals surface area contributed by atoms with E-state index in [2.05, 4.69) is 15.2 Å². The molecule has 0 radical (unpaired) electrons. The number of halogens is 3. The molecule has 0 saturated carbocycles. The molecule has 0 spiro atoms. The van der Waals surface area contributed by atoms with Gasteiger partial charge in [0.2, 0.25) is 0 Å². The molecule has 4 nitrogen and oxygen atoms in total. The van der Waals surface area contributed by atoms with Crippen LogP contribution in [0, 0.1) is 0 Å². The van der Waals surface area contributed by atoms with Crippen LogP contribution in [0.4, 0.5) is 13.2 Å². The SMILES string of the molecule is NCc1ccc(-c2n[nH]c(Cc3ccccc3C(F)(F)F)n2)cc1. The molecule has 3 aromatic rings. The van der Waals surface area contributed by atoms with Gasteiger partial charge in [0.05, 0.1) is 5.56 Å². The lowest BCUT2D eigenvalue weighted by Crippen LogP contribution is -2.09. The first-order chi connectivity index (χ1) is 11.5. The van der Waals surface area contributed by atoms with Gasteiger partial charge >= 0.3 is 6.18 Å². The van der Waals surface area contributed by atoms with Crippen LogP contribution in [0.15, 0.2) is 48.5 Å². The molecule has 1 aromatic heterocycles. The van der Waals surface area contributed by atoms with Gasteiger partial charge in [0.15, 0.2) is 5.82 Å². The van der Waals surface area contributed by atoms with Gasteiger partial charge < -0.3 is 5.73 Å². The van der Waals surface area contributed by atoms with Crippen LogP contribution in [-0.4, -0.2) is 15.2 Å². The summed E-state index contributed by atoms with van der Waals surface area (Å²) in [5.41, 5.74) is 6.81. The van der Waals surface area contributed by atoms with Gasteiger partial charge in [-0.25, -0.2) is 4.98 Å². The molecule has 0 amide bonds. The van der Waals surface area contributed by atoms with Crippen molar-refractivity contribution in [2.45, 2.75) is 19.1 Å². The summed E-state index contributed by atoms with van der Waals surface area (Å²) in [4.78, 5) is 4.29. The van der Waals surface area contributed by atoms with E-state index in [-0.39, 0.29) is 12.0 Å². The minimum atomic E-state index is -4.39. The fourth-order valence-corrected chi connectivity index (χ4v) is 2.42. The van der Waals surface area contributed by atoms with E-state index in [9.17, 15) is 13.2 Å². The van der Waals surface area contributed by atoms with E-state index in [0.29, 0.717) is 18.2 Å². The number of nitrogens with zero attached hydrogens (tertiary/aromatic N) is 2. The van der Waals surface area contributed by atoms with Crippen molar-refractivity contribution in [2.75, 3.05) is 0 Å². The molecule has 7 heteroatoms. The lowest BCUT2D eigenvalue weighted by atomic mass is 10.0. The van der Waals surface area contributed by atoms with E-state index in [1.807, 2.05) is 24.3 Å². The summed E-state index contributed by atoms with van der Waals surface area (Å²) >= 11 is 0. The van der Waals surface area contributed by atoms with Gasteiger partial charge in [0.25, 0.3) is 0 Å². The minimum Gasteiger partial charge on any atom is -0.326 e. The number of nitrogens with two attached hydrogens (primary N) is 1. The predicted octanol–water partition coefficient (Wildman–Crippen LogP) is 3.54. The lowest BCUT2D eigenvalue weighted by Gasteiger charge is -2.11. The van der Waals surface area contributed by atoms with Gasteiger partial charge in [0.1, 0.15) is 5.82 Å². The highest BCUT2D eigenvalue weighted by molar-refractivity contribution is 5.55. The third-order valence-electron chi connectivity index (χ3n) is 3.66. The van der Waals surface area contributed by atoms with Gasteiger partial charge in [-0.3, -0.25) is 5.10 Å². The summed E-state index contributed by atoms with van der Waals surface area (Å²) in [5, 5.41) is 6.79. The topological polar surface area (TPSA) is 67.6 Å². The van der Waals surface area contributed by atoms with Crippen LogP contribution in [0.2, 0.25) is 0 Å². The third-order valence-corrected chi connectivity index (χ3v) is 3.66. The van der Waals surface area contributed by atoms with Crippen molar-refractivity contribution in [3.63, 3.8) is 0 Å². The smallest absolute Gasteiger partial charge is 0.326 e. The van der Waals surface area contributed by atoms with E-state index in [1.165, 1.54) is 12.1 Å². The van der Waals surface area contributed by atoms with Gasteiger partial charge in [-0.2, -0.15) is 18.3 Å². The third kappa shape index (κ3) is 3.46. The zero-order chi connectivity index (χ0) is 17.2. The molecule has 24 heavy (non-hydrogen) atoms. The number of hydrogen-bond acceptors (Lipinski definition) is 3. The van der Waals surface area contributed by atoms with Gasteiger partial charge in [-0.1, -0.05) is 42.5 Å². The molecule has 0 bridgehead atoms. The van der Waals surface area contributed by atoms with E-state index in [0.717, 1.165) is 17.2 Å². The van der Waals surface area contributed by atoms with Crippen LogP contribution in [-0.2, 0) is 19.1 Å². The van der Waals surface area contributed by atoms with Crippen molar-refractivity contribution in [1.82, 2.24) is 15.2 Å². The van der Waals surface area contributed by atoms with Crippen LogP contribution in [0.3, 0.4) is 0 Å². The van der Waals surface area contributed by atoms with E-state index < -0.39 is 11.7 Å². The van der Waals surface area contributed by atoms with Crippen LogP contribution < -0.4 is 5.73 Å². The number of aromatic nitrogens is 3.